The van der Waals surface area contributed by atoms with Crippen molar-refractivity contribution < 1.29 is 47.6 Å². The number of aromatic nitrogens is 2. The van der Waals surface area contributed by atoms with E-state index in [0.29, 0.717) is 0 Å². The molecule has 0 saturated carbocycles. The van der Waals surface area contributed by atoms with Gasteiger partial charge in [-0.15, -0.1) is 0 Å². The molecule has 0 amide bonds. The highest BCUT2D eigenvalue weighted by molar-refractivity contribution is 5.78. The van der Waals surface area contributed by atoms with E-state index in [-0.39, 0.29) is 12.5 Å². The van der Waals surface area contributed by atoms with Crippen LogP contribution in [0.2, 0.25) is 0 Å². The molecule has 0 unspecified atom stereocenters. The summed E-state index contributed by atoms with van der Waals surface area (Å²) in [6.07, 6.45) is -5.20. The van der Waals surface area contributed by atoms with E-state index in [1.807, 2.05) is 0 Å². The summed E-state index contributed by atoms with van der Waals surface area (Å²) in [6, 6.07) is 1.52. The molecule has 12 nitrogen and oxygen atoms in total. The van der Waals surface area contributed by atoms with Crippen molar-refractivity contribution in [3.05, 3.63) is 12.3 Å². The minimum Gasteiger partial charge on any atom is -0.462 e. The van der Waals surface area contributed by atoms with Crippen molar-refractivity contribution in [2.24, 2.45) is 21.7 Å². The fraction of sp³-hybridized carbons (Fsp3) is 0.759. The van der Waals surface area contributed by atoms with Crippen LogP contribution < -0.4 is 4.74 Å². The van der Waals surface area contributed by atoms with E-state index in [1.165, 1.54) is 12.3 Å². The van der Waals surface area contributed by atoms with Crippen molar-refractivity contribution in [2.75, 3.05) is 6.61 Å². The molecule has 232 valence electrons. The number of H-pyrrole nitrogens is 1. The van der Waals surface area contributed by atoms with Gasteiger partial charge in [0.05, 0.1) is 27.9 Å². The molecule has 1 saturated heterocycles. The molecule has 1 aliphatic rings. The zero-order chi connectivity index (χ0) is 31.6. The number of ether oxygens (including phenoxy) is 6. The van der Waals surface area contributed by atoms with Gasteiger partial charge in [-0.3, -0.25) is 19.2 Å². The van der Waals surface area contributed by atoms with Gasteiger partial charge in [0.1, 0.15) is 12.7 Å². The molecule has 12 heteroatoms. The Bertz CT molecular complexity index is 1070. The topological polar surface area (TPSA) is 152 Å². The van der Waals surface area contributed by atoms with Crippen molar-refractivity contribution in [1.29, 1.82) is 0 Å². The number of aromatic amines is 1. The Morgan fingerprint density at radius 2 is 1.15 bits per heavy atom. The number of carbonyl (C=O) groups excluding carboxylic acids is 4. The van der Waals surface area contributed by atoms with Gasteiger partial charge < -0.3 is 28.4 Å². The molecule has 1 fully saturated rings. The lowest BCUT2D eigenvalue weighted by atomic mass is 9.93. The standard InChI is InChI=1S/C29H46N2O10/c1-26(2,3)22(32)36-15-16-18(39-23(33)27(4,5)6)19(40-24(34)28(7,8)9)20(41-25(35)29(10,11)12)21(37-16)38-17-13-14-30-31-17/h13-14,16,18-21H,15H2,1-12H3,(H,30,31)/t16-,18-,19+,20-,21+/m1/s1. The predicted octanol–water partition coefficient (Wildman–Crippen LogP) is 3.98. The third-order valence-electron chi connectivity index (χ3n) is 5.87. The summed E-state index contributed by atoms with van der Waals surface area (Å²) < 4.78 is 35.4. The van der Waals surface area contributed by atoms with Gasteiger partial charge in [0.2, 0.25) is 18.3 Å². The Morgan fingerprint density at radius 1 is 0.707 bits per heavy atom. The van der Waals surface area contributed by atoms with Crippen molar-refractivity contribution >= 4 is 23.9 Å². The monoisotopic (exact) mass is 582 g/mol. The van der Waals surface area contributed by atoms with Crippen LogP contribution in [0.1, 0.15) is 83.1 Å². The molecule has 0 aromatic carbocycles. The highest BCUT2D eigenvalue weighted by Crippen LogP contribution is 2.34. The van der Waals surface area contributed by atoms with Gasteiger partial charge in [0.15, 0.2) is 12.2 Å². The van der Waals surface area contributed by atoms with Crippen LogP contribution in [0.3, 0.4) is 0 Å². The first-order valence-corrected chi connectivity index (χ1v) is 13.6. The summed E-state index contributed by atoms with van der Waals surface area (Å²) in [6.45, 7) is 19.6. The van der Waals surface area contributed by atoms with Crippen LogP contribution in [-0.2, 0) is 42.9 Å². The number of esters is 4. The molecular formula is C29H46N2O10. The number of hydrogen-bond acceptors (Lipinski definition) is 11. The first kappa shape index (κ1) is 34.1. The maximum absolute atomic E-state index is 13.2. The molecule has 2 rings (SSSR count). The summed E-state index contributed by atoms with van der Waals surface area (Å²) in [5.41, 5.74) is -3.70. The molecule has 0 spiro atoms. The molecule has 0 bridgehead atoms. The van der Waals surface area contributed by atoms with Gasteiger partial charge in [-0.1, -0.05) is 0 Å². The molecule has 0 radical (unpaired) electrons. The third kappa shape index (κ3) is 9.44. The number of nitrogens with one attached hydrogen (secondary N) is 1. The Labute approximate surface area is 242 Å². The minimum absolute atomic E-state index is 0.170. The fourth-order valence-corrected chi connectivity index (χ4v) is 3.22. The normalized spacial score (nSPS) is 23.8. The van der Waals surface area contributed by atoms with E-state index < -0.39 is 76.2 Å². The fourth-order valence-electron chi connectivity index (χ4n) is 3.22. The molecule has 41 heavy (non-hydrogen) atoms. The van der Waals surface area contributed by atoms with Crippen LogP contribution in [0.4, 0.5) is 0 Å². The van der Waals surface area contributed by atoms with Gasteiger partial charge in [0.25, 0.3) is 0 Å². The maximum atomic E-state index is 13.2. The molecule has 1 aromatic rings. The van der Waals surface area contributed by atoms with E-state index >= 15 is 0 Å². The lowest BCUT2D eigenvalue weighted by Crippen LogP contribution is -2.65. The second-order valence-corrected chi connectivity index (χ2v) is 14.3. The number of rotatable bonds is 7. The molecular weight excluding hydrogens is 536 g/mol. The van der Waals surface area contributed by atoms with Gasteiger partial charge in [0, 0.05) is 6.07 Å². The van der Waals surface area contributed by atoms with Gasteiger partial charge in [-0.2, -0.15) is 5.10 Å². The first-order chi connectivity index (χ1) is 18.5. The van der Waals surface area contributed by atoms with Crippen LogP contribution in [0.5, 0.6) is 5.88 Å². The number of carbonyl (C=O) groups is 4. The molecule has 2 heterocycles. The van der Waals surface area contributed by atoms with E-state index in [2.05, 4.69) is 10.2 Å². The predicted molar refractivity (Wildman–Crippen MR) is 146 cm³/mol. The summed E-state index contributed by atoms with van der Waals surface area (Å²) >= 11 is 0. The van der Waals surface area contributed by atoms with E-state index in [4.69, 9.17) is 28.4 Å². The van der Waals surface area contributed by atoms with Crippen LogP contribution in [-0.4, -0.2) is 71.4 Å². The minimum atomic E-state index is -1.39. The molecule has 1 aromatic heterocycles. The second-order valence-electron chi connectivity index (χ2n) is 14.3. The van der Waals surface area contributed by atoms with E-state index in [1.54, 1.807) is 83.1 Å². The summed E-state index contributed by atoms with van der Waals surface area (Å²) in [7, 11) is 0. The van der Waals surface area contributed by atoms with Crippen molar-refractivity contribution in [3.8, 4) is 5.88 Å². The quantitative estimate of drug-likeness (QED) is 0.367. The van der Waals surface area contributed by atoms with Crippen molar-refractivity contribution in [3.63, 3.8) is 0 Å². The largest absolute Gasteiger partial charge is 0.462 e. The Balaban J connectivity index is 2.65. The highest BCUT2D eigenvalue weighted by Gasteiger charge is 2.55. The number of nitrogens with zero attached hydrogens (tertiary/aromatic N) is 1. The Kier molecular flexibility index (Phi) is 10.3. The molecule has 1 aliphatic heterocycles. The molecule has 1 N–H and O–H groups in total. The zero-order valence-electron chi connectivity index (χ0n) is 26.3. The van der Waals surface area contributed by atoms with Crippen LogP contribution in [0, 0.1) is 21.7 Å². The zero-order valence-corrected chi connectivity index (χ0v) is 26.3. The Morgan fingerprint density at radius 3 is 1.56 bits per heavy atom. The summed E-state index contributed by atoms with van der Waals surface area (Å²) in [4.78, 5) is 52.2. The summed E-state index contributed by atoms with van der Waals surface area (Å²) in [5, 5.41) is 6.51. The Hall–Kier alpha value is -3.15. The van der Waals surface area contributed by atoms with Gasteiger partial charge in [-0.05, 0) is 83.1 Å². The lowest BCUT2D eigenvalue weighted by molar-refractivity contribution is -0.294. The number of hydrogen-bond donors (Lipinski definition) is 1. The van der Waals surface area contributed by atoms with Crippen molar-refractivity contribution in [2.45, 2.75) is 114 Å². The van der Waals surface area contributed by atoms with Crippen LogP contribution in [0.25, 0.3) is 0 Å². The highest BCUT2D eigenvalue weighted by atomic mass is 16.7. The summed E-state index contributed by atoms with van der Waals surface area (Å²) in [5.74, 6) is -2.28. The average molecular weight is 583 g/mol. The average Bonchev–Trinajstić information content (AvgIpc) is 3.31. The first-order valence-electron chi connectivity index (χ1n) is 13.6. The maximum Gasteiger partial charge on any atom is 0.311 e. The third-order valence-corrected chi connectivity index (χ3v) is 5.87. The second kappa shape index (κ2) is 12.4. The van der Waals surface area contributed by atoms with Crippen LogP contribution >= 0.6 is 0 Å². The lowest BCUT2D eigenvalue weighted by Gasteiger charge is -2.45. The van der Waals surface area contributed by atoms with Gasteiger partial charge in [-0.25, -0.2) is 5.10 Å². The molecule has 0 aliphatic carbocycles. The van der Waals surface area contributed by atoms with Crippen LogP contribution in [0.15, 0.2) is 12.3 Å². The molecule has 5 atom stereocenters. The van der Waals surface area contributed by atoms with Gasteiger partial charge >= 0.3 is 23.9 Å². The van der Waals surface area contributed by atoms with E-state index in [9.17, 15) is 19.2 Å². The van der Waals surface area contributed by atoms with E-state index in [0.717, 1.165) is 0 Å². The smallest absolute Gasteiger partial charge is 0.311 e. The van der Waals surface area contributed by atoms with Crippen molar-refractivity contribution in [1.82, 2.24) is 10.2 Å². The SMILES string of the molecule is CC(C)(C)C(=O)OC[C@H]1O[C@@H](Oc2ccn[nH]2)[C@H](OC(=O)C(C)(C)C)[C@@H](OC(=O)C(C)(C)C)[C@@H]1OC(=O)C(C)(C)C.